The quantitative estimate of drug-likeness (QED) is 0.0403. The fourth-order valence-electron chi connectivity index (χ4n) is 10.1. The fourth-order valence-corrected chi connectivity index (χ4v) is 10.1. The SMILES string of the molecule is CCCCCCCCCCCC(CCCCCCCCCCC(C)=O)(C(=O)O)C(=O)NCCOCCOCCOCCOCCOCCOCCOCCOCCOCCOCCOCCOCCOCCOCCOCCOCCOCCOCCOCCOCCOCCOCCOCCOCCC(=O)NC. The van der Waals surface area contributed by atoms with Gasteiger partial charge in [0.05, 0.1) is 317 Å². The van der Waals surface area contributed by atoms with Crippen molar-refractivity contribution in [2.45, 2.75) is 149 Å². The number of hydrogen-bond acceptors (Lipinski definition) is 28. The third-order valence-electron chi connectivity index (χ3n) is 16.3. The van der Waals surface area contributed by atoms with Crippen molar-refractivity contribution in [2.75, 3.05) is 331 Å². The molecule has 0 heterocycles. The van der Waals surface area contributed by atoms with E-state index in [-0.39, 0.29) is 24.8 Å². The van der Waals surface area contributed by atoms with Gasteiger partial charge >= 0.3 is 5.97 Å². The highest BCUT2D eigenvalue weighted by atomic mass is 16.6. The zero-order valence-corrected chi connectivity index (χ0v) is 67.9. The lowest BCUT2D eigenvalue weighted by molar-refractivity contribution is -0.157. The lowest BCUT2D eigenvalue weighted by Gasteiger charge is -2.28. The molecule has 648 valence electrons. The highest BCUT2D eigenvalue weighted by molar-refractivity contribution is 6.01. The molecule has 0 aliphatic rings. The van der Waals surface area contributed by atoms with Gasteiger partial charge in [-0.15, -0.1) is 0 Å². The van der Waals surface area contributed by atoms with Gasteiger partial charge in [-0.2, -0.15) is 0 Å². The van der Waals surface area contributed by atoms with E-state index in [9.17, 15) is 24.3 Å². The van der Waals surface area contributed by atoms with Gasteiger partial charge in [-0.3, -0.25) is 14.4 Å². The van der Waals surface area contributed by atoms with Gasteiger partial charge in [0, 0.05) is 26.4 Å². The van der Waals surface area contributed by atoms with Gasteiger partial charge < -0.3 is 134 Å². The summed E-state index contributed by atoms with van der Waals surface area (Å²) in [7, 11) is 1.60. The van der Waals surface area contributed by atoms with Crippen LogP contribution in [0.15, 0.2) is 0 Å². The molecule has 0 aliphatic carbocycles. The molecule has 0 aromatic rings. The predicted octanol–water partition coefficient (Wildman–Crippen LogP) is 7.12. The number of amides is 2. The van der Waals surface area contributed by atoms with Crippen LogP contribution in [0.4, 0.5) is 0 Å². The molecule has 31 heteroatoms. The minimum Gasteiger partial charge on any atom is -0.480 e. The number of nitrogens with one attached hydrogen (secondary N) is 2. The molecule has 0 spiro atoms. The number of hydrogen-bond donors (Lipinski definition) is 3. The van der Waals surface area contributed by atoms with Crippen LogP contribution in [-0.4, -0.2) is 359 Å². The van der Waals surface area contributed by atoms with E-state index in [1.807, 2.05) is 0 Å². The summed E-state index contributed by atoms with van der Waals surface area (Å²) in [5.41, 5.74) is -1.43. The molecule has 0 bridgehead atoms. The maximum atomic E-state index is 13.6. The number of rotatable bonds is 98. The van der Waals surface area contributed by atoms with Crippen molar-refractivity contribution >= 4 is 23.6 Å². The summed E-state index contributed by atoms with van der Waals surface area (Å²) in [4.78, 5) is 48.7. The largest absolute Gasteiger partial charge is 0.480 e. The van der Waals surface area contributed by atoms with Gasteiger partial charge in [0.15, 0.2) is 0 Å². The topological polar surface area (TPSA) is 334 Å². The normalized spacial score (nSPS) is 12.2. The van der Waals surface area contributed by atoms with Crippen molar-refractivity contribution in [3.8, 4) is 0 Å². The van der Waals surface area contributed by atoms with E-state index in [2.05, 4.69) is 17.6 Å². The molecule has 0 aromatic carbocycles. The van der Waals surface area contributed by atoms with Crippen molar-refractivity contribution in [1.29, 1.82) is 0 Å². The molecule has 1 atom stereocenters. The van der Waals surface area contributed by atoms with Crippen LogP contribution in [0.3, 0.4) is 0 Å². The second-order valence-corrected chi connectivity index (χ2v) is 25.4. The maximum absolute atomic E-state index is 13.6. The Morgan fingerprint density at radius 2 is 0.431 bits per heavy atom. The molecule has 2 amide bonds. The molecule has 0 aliphatic heterocycles. The Hall–Kier alpha value is -2.88. The summed E-state index contributed by atoms with van der Waals surface area (Å²) >= 11 is 0. The van der Waals surface area contributed by atoms with Gasteiger partial charge in [-0.25, -0.2) is 0 Å². The van der Waals surface area contributed by atoms with Gasteiger partial charge in [-0.1, -0.05) is 110 Å². The summed E-state index contributed by atoms with van der Waals surface area (Å²) in [6.45, 7) is 26.0. The first-order chi connectivity index (χ1) is 53.8. The first kappa shape index (κ1) is 106. The number of carbonyl (C=O) groups is 4. The Labute approximate surface area is 654 Å². The van der Waals surface area contributed by atoms with Crippen molar-refractivity contribution < 1.29 is 138 Å². The van der Waals surface area contributed by atoms with Crippen LogP contribution in [-0.2, 0) is 133 Å². The first-order valence-electron chi connectivity index (χ1n) is 40.9. The minimum atomic E-state index is -1.43. The summed E-state index contributed by atoms with van der Waals surface area (Å²) in [6, 6.07) is 0. The van der Waals surface area contributed by atoms with E-state index in [0.29, 0.717) is 343 Å². The van der Waals surface area contributed by atoms with Crippen LogP contribution in [0.2, 0.25) is 0 Å². The van der Waals surface area contributed by atoms with E-state index in [1.165, 1.54) is 32.1 Å². The Balaban J connectivity index is 3.41. The highest BCUT2D eigenvalue weighted by Crippen LogP contribution is 2.33. The van der Waals surface area contributed by atoms with Crippen LogP contribution >= 0.6 is 0 Å². The average Bonchev–Trinajstić information content (AvgIpc) is 0.819. The third-order valence-corrected chi connectivity index (χ3v) is 16.3. The van der Waals surface area contributed by atoms with Crippen molar-refractivity contribution in [3.63, 3.8) is 0 Å². The number of unbranched alkanes of at least 4 members (excludes halogenated alkanes) is 15. The summed E-state index contributed by atoms with van der Waals surface area (Å²) in [5, 5.41) is 15.9. The first-order valence-corrected chi connectivity index (χ1v) is 40.9. The second-order valence-electron chi connectivity index (χ2n) is 25.4. The Morgan fingerprint density at radius 3 is 0.624 bits per heavy atom. The number of ether oxygens (including phenoxy) is 24. The molecule has 0 fully saturated rings. The Morgan fingerprint density at radius 1 is 0.248 bits per heavy atom. The molecule has 109 heavy (non-hydrogen) atoms. The molecule has 0 radical (unpaired) electrons. The smallest absolute Gasteiger partial charge is 0.319 e. The predicted molar refractivity (Wildman–Crippen MR) is 410 cm³/mol. The van der Waals surface area contributed by atoms with Crippen molar-refractivity contribution in [1.82, 2.24) is 10.6 Å². The fraction of sp³-hybridized carbons (Fsp3) is 0.949. The number of aliphatic carboxylic acids is 1. The van der Waals surface area contributed by atoms with Crippen LogP contribution in [0.25, 0.3) is 0 Å². The molecule has 1 unspecified atom stereocenters. The van der Waals surface area contributed by atoms with Gasteiger partial charge in [-0.05, 0) is 26.2 Å². The van der Waals surface area contributed by atoms with Crippen molar-refractivity contribution in [3.05, 3.63) is 0 Å². The molecule has 0 saturated carbocycles. The van der Waals surface area contributed by atoms with E-state index in [0.717, 1.165) is 70.6 Å². The van der Waals surface area contributed by atoms with E-state index < -0.39 is 17.3 Å². The summed E-state index contributed by atoms with van der Waals surface area (Å²) < 4.78 is 133. The highest BCUT2D eigenvalue weighted by Gasteiger charge is 2.44. The van der Waals surface area contributed by atoms with Crippen LogP contribution in [0.5, 0.6) is 0 Å². The summed E-state index contributed by atoms with van der Waals surface area (Å²) in [5.74, 6) is -1.24. The van der Waals surface area contributed by atoms with Crippen LogP contribution in [0.1, 0.15) is 149 Å². The molecule has 0 saturated heterocycles. The Kier molecular flexibility index (Phi) is 89.9. The lowest BCUT2D eigenvalue weighted by Crippen LogP contribution is -2.47. The number of carboxylic acids is 1. The summed E-state index contributed by atoms with van der Waals surface area (Å²) in [6.07, 6.45) is 19.7. The number of Topliss-reactive ketones (excluding diaryl/α,β-unsaturated/α-hetero) is 1. The van der Waals surface area contributed by atoms with E-state index in [4.69, 9.17) is 114 Å². The zero-order chi connectivity index (χ0) is 78.7. The molecule has 3 N–H and O–H groups in total. The molecule has 31 nitrogen and oxygen atoms in total. The number of ketones is 1. The standard InChI is InChI=1S/C78H152N2O29/c1-4-5-6-7-8-10-13-16-19-23-78(77(84)85,24-20-17-14-11-9-12-15-18-21-74(2)81)76(83)80-25-27-87-29-31-89-33-35-91-37-39-93-41-43-95-45-47-97-49-51-99-53-55-101-57-59-103-61-63-105-65-67-107-69-71-109-73-72-108-70-68-106-66-64-104-62-60-102-58-56-100-54-52-98-50-48-96-46-44-94-42-40-92-38-36-90-34-32-88-30-28-86-26-22-75(82)79-3/h4-73H2,1-3H3,(H,79,82)(H,80,83)(H,84,85). The van der Waals surface area contributed by atoms with E-state index in [1.54, 1.807) is 14.0 Å². The Bertz CT molecular complexity index is 1850. The zero-order valence-electron chi connectivity index (χ0n) is 67.9. The third kappa shape index (κ3) is 84.3. The molecular weight excluding hydrogens is 1430 g/mol. The van der Waals surface area contributed by atoms with E-state index >= 15 is 0 Å². The van der Waals surface area contributed by atoms with Gasteiger partial charge in [0.25, 0.3) is 0 Å². The molecular formula is C78H152N2O29. The van der Waals surface area contributed by atoms with Crippen molar-refractivity contribution in [2.24, 2.45) is 5.41 Å². The molecule has 0 rings (SSSR count). The second kappa shape index (κ2) is 92.3. The number of carboxylic acid groups (broad SMARTS) is 1. The maximum Gasteiger partial charge on any atom is 0.319 e. The van der Waals surface area contributed by atoms with Gasteiger partial charge in [0.2, 0.25) is 11.8 Å². The lowest BCUT2D eigenvalue weighted by atomic mass is 9.76. The minimum absolute atomic E-state index is 0.0440. The van der Waals surface area contributed by atoms with Gasteiger partial charge in [0.1, 0.15) is 11.2 Å². The van der Waals surface area contributed by atoms with Crippen LogP contribution < -0.4 is 10.6 Å². The average molecular weight is 1580 g/mol. The molecule has 0 aromatic heterocycles. The number of carbonyl (C=O) groups excluding carboxylic acids is 3. The monoisotopic (exact) mass is 1580 g/mol. The van der Waals surface area contributed by atoms with Crippen LogP contribution in [0, 0.1) is 5.41 Å².